The molecule has 1 aliphatic carbocycles. The zero-order valence-corrected chi connectivity index (χ0v) is 17.5. The van der Waals surface area contributed by atoms with Gasteiger partial charge in [0, 0.05) is 29.7 Å². The average Bonchev–Trinajstić information content (AvgIpc) is 3.28. The normalized spacial score (nSPS) is 19.7. The van der Waals surface area contributed by atoms with Gasteiger partial charge in [0.25, 0.3) is 0 Å². The Labute approximate surface area is 181 Å². The van der Waals surface area contributed by atoms with Crippen molar-refractivity contribution in [1.29, 1.82) is 0 Å². The van der Waals surface area contributed by atoms with E-state index in [1.54, 1.807) is 0 Å². The maximum Gasteiger partial charge on any atom is 0.171 e. The molecule has 4 aliphatic rings. The minimum Gasteiger partial charge on any atom is -0.486 e. The minimum atomic E-state index is -0.193. The number of hydrogen-bond acceptors (Lipinski definition) is 5. The van der Waals surface area contributed by atoms with Crippen LogP contribution in [-0.2, 0) is 0 Å². The molecule has 0 saturated carbocycles. The lowest BCUT2D eigenvalue weighted by Gasteiger charge is -2.39. The fourth-order valence-corrected chi connectivity index (χ4v) is 4.66. The molecule has 3 aliphatic heterocycles. The molecule has 2 atom stereocenters. The van der Waals surface area contributed by atoms with Gasteiger partial charge in [-0.2, -0.15) is 0 Å². The second kappa shape index (κ2) is 7.43. The summed E-state index contributed by atoms with van der Waals surface area (Å²) < 4.78 is 19.2. The third kappa shape index (κ3) is 3.26. The summed E-state index contributed by atoms with van der Waals surface area (Å²) in [5.74, 6) is 3.35. The minimum absolute atomic E-state index is 0.0499. The van der Waals surface area contributed by atoms with Gasteiger partial charge in [0.1, 0.15) is 24.2 Å². The zero-order valence-electron chi connectivity index (χ0n) is 17.5. The van der Waals surface area contributed by atoms with E-state index in [2.05, 4.69) is 46.3 Å². The highest BCUT2D eigenvalue weighted by Gasteiger charge is 2.37. The van der Waals surface area contributed by atoms with Crippen LogP contribution in [0.5, 0.6) is 11.5 Å². The van der Waals surface area contributed by atoms with Crippen LogP contribution in [-0.4, -0.2) is 35.7 Å². The number of benzene rings is 1. The summed E-state index contributed by atoms with van der Waals surface area (Å²) in [5, 5.41) is 0.980. The van der Waals surface area contributed by atoms with E-state index >= 15 is 0 Å². The Bertz CT molecular complexity index is 1240. The Morgan fingerprint density at radius 3 is 2.90 bits per heavy atom. The molecule has 5 nitrogen and oxygen atoms in total. The third-order valence-corrected chi connectivity index (χ3v) is 6.19. The van der Waals surface area contributed by atoms with E-state index in [0.717, 1.165) is 64.7 Å². The summed E-state index contributed by atoms with van der Waals surface area (Å²) in [4.78, 5) is 7.07. The highest BCUT2D eigenvalue weighted by Crippen LogP contribution is 2.42. The van der Waals surface area contributed by atoms with Crippen molar-refractivity contribution < 1.29 is 13.9 Å². The number of fused-ring (bicyclic) bond motifs is 4. The fourth-order valence-electron chi connectivity index (χ4n) is 4.66. The Hall–Kier alpha value is -3.31. The lowest BCUT2D eigenvalue weighted by molar-refractivity contribution is 0.00803. The van der Waals surface area contributed by atoms with Gasteiger partial charge in [0.05, 0.1) is 5.52 Å². The number of hydrogen-bond donors (Lipinski definition) is 0. The highest BCUT2D eigenvalue weighted by molar-refractivity contribution is 5.88. The topological polar surface area (TPSA) is 47.7 Å². The fraction of sp³-hybridized carbons (Fsp3) is 0.269. The second-order valence-corrected chi connectivity index (χ2v) is 8.26. The molecule has 156 valence electrons. The van der Waals surface area contributed by atoms with Crippen molar-refractivity contribution in [3.63, 3.8) is 0 Å². The van der Waals surface area contributed by atoms with Gasteiger partial charge in [0.15, 0.2) is 17.6 Å². The van der Waals surface area contributed by atoms with Crippen LogP contribution in [0.4, 0.5) is 0 Å². The maximum atomic E-state index is 6.66. The monoisotopic (exact) mass is 412 g/mol. The molecule has 0 saturated heterocycles. The zero-order chi connectivity index (χ0) is 20.8. The van der Waals surface area contributed by atoms with Crippen molar-refractivity contribution >= 4 is 10.9 Å². The smallest absolute Gasteiger partial charge is 0.171 e. The second-order valence-electron chi connectivity index (χ2n) is 8.26. The van der Waals surface area contributed by atoms with Gasteiger partial charge in [0.2, 0.25) is 0 Å². The summed E-state index contributed by atoms with van der Waals surface area (Å²) in [5.41, 5.74) is 3.02. The average molecular weight is 412 g/mol. The van der Waals surface area contributed by atoms with Gasteiger partial charge in [-0.05, 0) is 55.8 Å². The van der Waals surface area contributed by atoms with Crippen LogP contribution in [0.1, 0.15) is 23.9 Å². The van der Waals surface area contributed by atoms with Crippen molar-refractivity contribution in [2.75, 3.05) is 19.7 Å². The maximum absolute atomic E-state index is 6.66. The van der Waals surface area contributed by atoms with E-state index in [4.69, 9.17) is 13.9 Å². The van der Waals surface area contributed by atoms with Gasteiger partial charge in [-0.1, -0.05) is 24.3 Å². The Morgan fingerprint density at radius 2 is 2.00 bits per heavy atom. The predicted molar refractivity (Wildman–Crippen MR) is 120 cm³/mol. The summed E-state index contributed by atoms with van der Waals surface area (Å²) in [6, 6.07) is 18.3. The number of aromatic nitrogens is 1. The molecule has 1 aromatic carbocycles. The molecule has 31 heavy (non-hydrogen) atoms. The van der Waals surface area contributed by atoms with E-state index in [0.29, 0.717) is 6.61 Å². The van der Waals surface area contributed by atoms with Gasteiger partial charge >= 0.3 is 0 Å². The molecule has 5 heteroatoms. The van der Waals surface area contributed by atoms with Crippen LogP contribution in [0.2, 0.25) is 0 Å². The Kier molecular flexibility index (Phi) is 4.42. The molecule has 0 amide bonds. The molecule has 1 aromatic heterocycles. The van der Waals surface area contributed by atoms with E-state index in [1.165, 1.54) is 0 Å². The van der Waals surface area contributed by atoms with E-state index in [9.17, 15) is 0 Å². The van der Waals surface area contributed by atoms with E-state index in [1.807, 2.05) is 37.3 Å². The molecule has 4 heterocycles. The number of nitrogens with zero attached hydrogens (tertiary/aromatic N) is 2. The standard InChI is InChI=1S/C26H24N2O3/c1-17-8-10-19-20(27-17)11-13-23-26(19)31-24(16-29-23)25(28-14-3-2-4-15-28)22-12-9-18-6-5-7-21(18)30-22/h2-3,5-13,24-25H,4,14-16H2,1H3. The van der Waals surface area contributed by atoms with Gasteiger partial charge < -0.3 is 13.9 Å². The molecule has 2 unspecified atom stereocenters. The first-order chi connectivity index (χ1) is 15.3. The van der Waals surface area contributed by atoms with Crippen molar-refractivity contribution in [2.24, 2.45) is 0 Å². The van der Waals surface area contributed by atoms with Crippen LogP contribution in [0.25, 0.3) is 22.2 Å². The van der Waals surface area contributed by atoms with Crippen molar-refractivity contribution in [3.05, 3.63) is 78.2 Å². The predicted octanol–water partition coefficient (Wildman–Crippen LogP) is 5.38. The molecule has 0 bridgehead atoms. The lowest BCUT2D eigenvalue weighted by Crippen LogP contribution is -2.45. The molecule has 0 fully saturated rings. The summed E-state index contributed by atoms with van der Waals surface area (Å²) in [6.07, 6.45) is 5.28. The lowest BCUT2D eigenvalue weighted by atomic mass is 10.0. The van der Waals surface area contributed by atoms with Gasteiger partial charge in [-0.25, -0.2) is 0 Å². The van der Waals surface area contributed by atoms with Crippen LogP contribution in [0.15, 0.2) is 71.2 Å². The highest BCUT2D eigenvalue weighted by atomic mass is 16.6. The number of rotatable bonds is 3. The first kappa shape index (κ1) is 18.5. The number of ether oxygens (including phenoxy) is 2. The molecule has 0 spiro atoms. The van der Waals surface area contributed by atoms with Crippen molar-refractivity contribution in [1.82, 2.24) is 9.88 Å². The van der Waals surface area contributed by atoms with Gasteiger partial charge in [-0.3, -0.25) is 9.88 Å². The van der Waals surface area contributed by atoms with Crippen LogP contribution >= 0.6 is 0 Å². The molecule has 6 rings (SSSR count). The summed E-state index contributed by atoms with van der Waals surface area (Å²) >= 11 is 0. The van der Waals surface area contributed by atoms with Gasteiger partial charge in [-0.15, -0.1) is 0 Å². The van der Waals surface area contributed by atoms with Crippen LogP contribution in [0.3, 0.4) is 0 Å². The number of aryl methyl sites for hydroxylation is 1. The van der Waals surface area contributed by atoms with E-state index in [-0.39, 0.29) is 12.1 Å². The summed E-state index contributed by atoms with van der Waals surface area (Å²) in [7, 11) is 0. The van der Waals surface area contributed by atoms with Crippen LogP contribution in [0, 0.1) is 6.92 Å². The van der Waals surface area contributed by atoms with Crippen molar-refractivity contribution in [2.45, 2.75) is 25.5 Å². The third-order valence-electron chi connectivity index (χ3n) is 6.19. The van der Waals surface area contributed by atoms with Crippen molar-refractivity contribution in [3.8, 4) is 22.8 Å². The molecular weight excluding hydrogens is 388 g/mol. The van der Waals surface area contributed by atoms with E-state index < -0.39 is 0 Å². The molecule has 0 N–H and O–H groups in total. The summed E-state index contributed by atoms with van der Waals surface area (Å²) in [6.45, 7) is 4.29. The molecule has 0 radical (unpaired) electrons. The molecule has 2 aromatic rings. The largest absolute Gasteiger partial charge is 0.486 e. The quantitative estimate of drug-likeness (QED) is 0.423. The SMILES string of the molecule is Cc1ccc2c3c(ccc2n1)OCC(C(c1ccc2cccc-2o1)N1CC=CCC1)O3. The Balaban J connectivity index is 1.42. The molecular formula is C26H24N2O3. The number of pyridine rings is 1. The first-order valence-electron chi connectivity index (χ1n) is 10.8. The van der Waals surface area contributed by atoms with Crippen LogP contribution < -0.4 is 9.47 Å². The first-order valence-corrected chi connectivity index (χ1v) is 10.8. The Morgan fingerprint density at radius 1 is 1.03 bits per heavy atom.